The summed E-state index contributed by atoms with van der Waals surface area (Å²) in [6.45, 7) is 5.25. The van der Waals surface area contributed by atoms with Crippen molar-refractivity contribution in [3.8, 4) is 0 Å². The van der Waals surface area contributed by atoms with Crippen molar-refractivity contribution < 1.29 is 8.81 Å². The van der Waals surface area contributed by atoms with E-state index in [1.54, 1.807) is 6.07 Å². The van der Waals surface area contributed by atoms with E-state index in [9.17, 15) is 4.39 Å². The van der Waals surface area contributed by atoms with E-state index in [-0.39, 0.29) is 16.6 Å². The van der Waals surface area contributed by atoms with Gasteiger partial charge in [-0.2, -0.15) is 11.8 Å². The highest BCUT2D eigenvalue weighted by molar-refractivity contribution is 8.00. The first-order valence-corrected chi connectivity index (χ1v) is 8.18. The van der Waals surface area contributed by atoms with Gasteiger partial charge in [-0.05, 0) is 44.2 Å². The first kappa shape index (κ1) is 14.0. The third-order valence-electron chi connectivity index (χ3n) is 4.07. The van der Waals surface area contributed by atoms with Crippen LogP contribution in [0.3, 0.4) is 0 Å². The van der Waals surface area contributed by atoms with Gasteiger partial charge >= 0.3 is 0 Å². The van der Waals surface area contributed by atoms with Gasteiger partial charge in [0.05, 0.1) is 6.04 Å². The molecule has 108 valence electrons. The van der Waals surface area contributed by atoms with E-state index in [0.29, 0.717) is 5.58 Å². The first-order valence-electron chi connectivity index (χ1n) is 7.19. The molecule has 1 aliphatic heterocycles. The van der Waals surface area contributed by atoms with Crippen LogP contribution in [0.2, 0.25) is 0 Å². The molecule has 1 N–H and O–H groups in total. The van der Waals surface area contributed by atoms with E-state index in [1.165, 1.54) is 18.2 Å². The number of hydrogen-bond acceptors (Lipinski definition) is 3. The van der Waals surface area contributed by atoms with Crippen LogP contribution in [0.1, 0.15) is 38.5 Å². The van der Waals surface area contributed by atoms with Gasteiger partial charge in [0.2, 0.25) is 0 Å². The zero-order chi connectivity index (χ0) is 14.2. The molecule has 2 heterocycles. The van der Waals surface area contributed by atoms with Gasteiger partial charge < -0.3 is 9.73 Å². The van der Waals surface area contributed by atoms with Crippen LogP contribution in [0.25, 0.3) is 11.0 Å². The Morgan fingerprint density at radius 3 is 3.00 bits per heavy atom. The van der Waals surface area contributed by atoms with Crippen LogP contribution in [0.15, 0.2) is 28.7 Å². The largest absolute Gasteiger partial charge is 0.456 e. The summed E-state index contributed by atoms with van der Waals surface area (Å²) >= 11 is 1.99. The average Bonchev–Trinajstić information content (AvgIpc) is 3.04. The molecule has 0 spiro atoms. The Balaban J connectivity index is 2.03. The number of furan rings is 1. The number of halogens is 1. The zero-order valence-corrected chi connectivity index (χ0v) is 12.7. The smallest absolute Gasteiger partial charge is 0.169 e. The van der Waals surface area contributed by atoms with Crippen LogP contribution in [-0.2, 0) is 0 Å². The highest BCUT2D eigenvalue weighted by atomic mass is 32.2. The molecule has 1 aromatic carbocycles. The molecular formula is C16H20FNOS. The second-order valence-electron chi connectivity index (χ2n) is 5.56. The van der Waals surface area contributed by atoms with E-state index in [2.05, 4.69) is 19.2 Å². The summed E-state index contributed by atoms with van der Waals surface area (Å²) in [6.07, 6.45) is 2.40. The summed E-state index contributed by atoms with van der Waals surface area (Å²) in [5, 5.41) is 4.37. The summed E-state index contributed by atoms with van der Waals surface area (Å²) in [5.41, 5.74) is 0.372. The number of para-hydroxylation sites is 1. The van der Waals surface area contributed by atoms with Crippen molar-refractivity contribution in [3.63, 3.8) is 0 Å². The maximum absolute atomic E-state index is 13.8. The third-order valence-corrected chi connectivity index (χ3v) is 5.66. The molecule has 2 unspecified atom stereocenters. The zero-order valence-electron chi connectivity index (χ0n) is 11.9. The van der Waals surface area contributed by atoms with E-state index in [4.69, 9.17) is 4.42 Å². The number of fused-ring (bicyclic) bond motifs is 1. The number of thioether (sulfide) groups is 1. The van der Waals surface area contributed by atoms with Gasteiger partial charge in [-0.3, -0.25) is 0 Å². The van der Waals surface area contributed by atoms with Crippen LogP contribution in [0, 0.1) is 5.82 Å². The molecule has 1 aliphatic rings. The van der Waals surface area contributed by atoms with E-state index < -0.39 is 0 Å². The molecule has 0 aliphatic carbocycles. The minimum absolute atomic E-state index is 0.125. The fourth-order valence-corrected chi connectivity index (χ4v) is 4.45. The predicted molar refractivity (Wildman–Crippen MR) is 82.7 cm³/mol. The minimum Gasteiger partial charge on any atom is -0.456 e. The van der Waals surface area contributed by atoms with Crippen molar-refractivity contribution in [2.24, 2.45) is 0 Å². The molecule has 1 saturated heterocycles. The lowest BCUT2D eigenvalue weighted by molar-refractivity contribution is 0.358. The quantitative estimate of drug-likeness (QED) is 0.898. The number of nitrogens with one attached hydrogen (secondary N) is 1. The lowest BCUT2D eigenvalue weighted by Crippen LogP contribution is -2.37. The fourth-order valence-electron chi connectivity index (χ4n) is 3.04. The summed E-state index contributed by atoms with van der Waals surface area (Å²) in [4.78, 5) is 0. The Morgan fingerprint density at radius 1 is 1.50 bits per heavy atom. The molecule has 3 rings (SSSR count). The van der Waals surface area contributed by atoms with E-state index >= 15 is 0 Å². The van der Waals surface area contributed by atoms with Gasteiger partial charge in [0.15, 0.2) is 11.4 Å². The summed E-state index contributed by atoms with van der Waals surface area (Å²) in [5.74, 6) is 1.75. The lowest BCUT2D eigenvalue weighted by atomic mass is 9.94. The van der Waals surface area contributed by atoms with Crippen molar-refractivity contribution in [1.82, 2.24) is 5.32 Å². The predicted octanol–water partition coefficient (Wildman–Crippen LogP) is 4.51. The van der Waals surface area contributed by atoms with Crippen molar-refractivity contribution in [2.75, 3.05) is 12.3 Å². The maximum atomic E-state index is 13.8. The third kappa shape index (κ3) is 2.35. The molecule has 2 nitrogen and oxygen atoms in total. The molecular weight excluding hydrogens is 273 g/mol. The molecule has 20 heavy (non-hydrogen) atoms. The Labute approximate surface area is 123 Å². The monoisotopic (exact) mass is 293 g/mol. The van der Waals surface area contributed by atoms with Crippen molar-refractivity contribution in [1.29, 1.82) is 0 Å². The van der Waals surface area contributed by atoms with Gasteiger partial charge in [-0.1, -0.05) is 19.1 Å². The average molecular weight is 293 g/mol. The van der Waals surface area contributed by atoms with Crippen LogP contribution < -0.4 is 5.32 Å². The molecule has 2 atom stereocenters. The molecule has 4 heteroatoms. The van der Waals surface area contributed by atoms with Gasteiger partial charge in [-0.25, -0.2) is 4.39 Å². The van der Waals surface area contributed by atoms with Gasteiger partial charge in [-0.15, -0.1) is 0 Å². The second kappa shape index (κ2) is 5.41. The Kier molecular flexibility index (Phi) is 3.78. The standard InChI is InChI=1S/C16H20FNOS/c1-3-18-15(16(2)8-5-9-20-16)13-10-11-6-4-7-12(17)14(11)19-13/h4,6-7,10,15,18H,3,5,8-9H2,1-2H3. The summed E-state index contributed by atoms with van der Waals surface area (Å²) in [6, 6.07) is 7.19. The normalized spacial score (nSPS) is 24.4. The van der Waals surface area contributed by atoms with Crippen LogP contribution in [-0.4, -0.2) is 17.0 Å². The fraction of sp³-hybridized carbons (Fsp3) is 0.500. The van der Waals surface area contributed by atoms with Crippen LogP contribution in [0.5, 0.6) is 0 Å². The number of rotatable bonds is 4. The SMILES string of the molecule is CCNC(c1cc2cccc(F)c2o1)C1(C)CCCS1. The Hall–Kier alpha value is -1.000. The van der Waals surface area contributed by atoms with E-state index in [0.717, 1.165) is 24.1 Å². The summed E-state index contributed by atoms with van der Waals surface area (Å²) in [7, 11) is 0. The number of benzene rings is 1. The number of hydrogen-bond donors (Lipinski definition) is 1. The van der Waals surface area contributed by atoms with Gasteiger partial charge in [0.1, 0.15) is 5.76 Å². The molecule has 0 amide bonds. The van der Waals surface area contributed by atoms with Crippen molar-refractivity contribution >= 4 is 22.7 Å². The molecule has 2 aromatic rings. The maximum Gasteiger partial charge on any atom is 0.169 e. The minimum atomic E-state index is -0.284. The Morgan fingerprint density at radius 2 is 2.35 bits per heavy atom. The second-order valence-corrected chi connectivity index (χ2v) is 7.19. The van der Waals surface area contributed by atoms with Crippen LogP contribution in [0.4, 0.5) is 4.39 Å². The molecule has 0 bridgehead atoms. The molecule has 0 radical (unpaired) electrons. The highest BCUT2D eigenvalue weighted by Crippen LogP contribution is 2.47. The van der Waals surface area contributed by atoms with Crippen molar-refractivity contribution in [3.05, 3.63) is 35.8 Å². The van der Waals surface area contributed by atoms with Gasteiger partial charge in [0, 0.05) is 10.1 Å². The topological polar surface area (TPSA) is 25.2 Å². The molecule has 1 aromatic heterocycles. The highest BCUT2D eigenvalue weighted by Gasteiger charge is 2.40. The van der Waals surface area contributed by atoms with E-state index in [1.807, 2.05) is 23.9 Å². The first-order chi connectivity index (χ1) is 9.64. The lowest BCUT2D eigenvalue weighted by Gasteiger charge is -2.32. The molecule has 1 fully saturated rings. The summed E-state index contributed by atoms with van der Waals surface area (Å²) < 4.78 is 19.8. The van der Waals surface area contributed by atoms with Crippen LogP contribution >= 0.6 is 11.8 Å². The van der Waals surface area contributed by atoms with Crippen molar-refractivity contribution in [2.45, 2.75) is 37.5 Å². The van der Waals surface area contributed by atoms with Gasteiger partial charge in [0.25, 0.3) is 0 Å². The Bertz CT molecular complexity index is 604. The molecule has 0 saturated carbocycles.